The zero-order chi connectivity index (χ0) is 31.4. The molecule has 0 spiro atoms. The van der Waals surface area contributed by atoms with E-state index in [-0.39, 0.29) is 0 Å². The predicted molar refractivity (Wildman–Crippen MR) is 209 cm³/mol. The van der Waals surface area contributed by atoms with Crippen LogP contribution >= 0.6 is 13.8 Å². The molecular weight excluding hydrogens is 590 g/mol. The highest BCUT2D eigenvalue weighted by Gasteiger charge is 2.23. The molecule has 0 saturated heterocycles. The number of rotatable bonds is 8. The molecule has 0 bridgehead atoms. The van der Waals surface area contributed by atoms with Gasteiger partial charge in [0, 0.05) is 0 Å². The highest BCUT2D eigenvalue weighted by atomic mass is 31.2. The molecule has 0 unspecified atom stereocenters. The molecule has 2 heteroatoms. The van der Waals surface area contributed by atoms with Crippen molar-refractivity contribution >= 4 is 58.2 Å². The van der Waals surface area contributed by atoms with Gasteiger partial charge >= 0.3 is 0 Å². The van der Waals surface area contributed by atoms with E-state index < -0.39 is 13.8 Å². The van der Waals surface area contributed by atoms with Crippen LogP contribution in [0.15, 0.2) is 194 Å². The zero-order valence-electron chi connectivity index (χ0n) is 25.8. The fourth-order valence-electron chi connectivity index (χ4n) is 6.30. The molecule has 0 aromatic heterocycles. The van der Waals surface area contributed by atoms with Gasteiger partial charge in [-0.15, -0.1) is 0 Å². The van der Waals surface area contributed by atoms with E-state index in [9.17, 15) is 0 Å². The van der Waals surface area contributed by atoms with Crippen molar-refractivity contribution < 1.29 is 0 Å². The van der Waals surface area contributed by atoms with Crippen LogP contribution in [0, 0.1) is 0 Å². The summed E-state index contributed by atoms with van der Waals surface area (Å²) in [6, 6.07) is 70.0. The smallest absolute Gasteiger partial charge is 0.0165 e. The van der Waals surface area contributed by atoms with E-state index >= 15 is 0 Å². The van der Waals surface area contributed by atoms with E-state index in [2.05, 4.69) is 194 Å². The molecular formula is C44H36P2. The van der Waals surface area contributed by atoms with Crippen molar-refractivity contribution in [2.75, 3.05) is 0 Å². The number of benzene rings is 7. The van der Waals surface area contributed by atoms with Crippen molar-refractivity contribution in [3.63, 3.8) is 0 Å². The fourth-order valence-corrected chi connectivity index (χ4v) is 12.1. The summed E-state index contributed by atoms with van der Waals surface area (Å²) in [7, 11) is 0. The van der Waals surface area contributed by atoms with Crippen molar-refractivity contribution in [1.82, 2.24) is 0 Å². The van der Waals surface area contributed by atoms with Gasteiger partial charge in [-0.2, -0.15) is 0 Å². The maximum absolute atomic E-state index is 4.89. The Balaban J connectivity index is 1.16. The third kappa shape index (κ3) is 5.57. The van der Waals surface area contributed by atoms with E-state index in [1.165, 1.54) is 54.1 Å². The monoisotopic (exact) mass is 626 g/mol. The lowest BCUT2D eigenvalue weighted by atomic mass is 10.0. The van der Waals surface area contributed by atoms with Crippen LogP contribution in [0.2, 0.25) is 0 Å². The van der Waals surface area contributed by atoms with Gasteiger partial charge < -0.3 is 0 Å². The molecule has 46 heavy (non-hydrogen) atoms. The van der Waals surface area contributed by atoms with Crippen molar-refractivity contribution in [3.8, 4) is 22.3 Å². The lowest BCUT2D eigenvalue weighted by molar-refractivity contribution is 1.60. The normalized spacial score (nSPS) is 11.7. The second-order valence-corrected chi connectivity index (χ2v) is 18.0. The Hall–Kier alpha value is -4.86. The van der Waals surface area contributed by atoms with Gasteiger partial charge in [0.15, 0.2) is 0 Å². The first-order valence-electron chi connectivity index (χ1n) is 15.6. The molecule has 0 fully saturated rings. The SMILES string of the molecule is C=P(c1ccccc1)(c1ccccc1)c1ccc(-c2ccc(-c3ccc(P(=C)(c4ccccc4)c4ccccc4)cc3)cc2)cc1. The third-order valence-corrected chi connectivity index (χ3v) is 16.0. The van der Waals surface area contributed by atoms with E-state index in [4.69, 9.17) is 12.6 Å². The van der Waals surface area contributed by atoms with E-state index in [1.54, 1.807) is 0 Å². The van der Waals surface area contributed by atoms with Crippen LogP contribution in [0.3, 0.4) is 0 Å². The van der Waals surface area contributed by atoms with Crippen molar-refractivity contribution in [3.05, 3.63) is 194 Å². The minimum Gasteiger partial charge on any atom is -0.0887 e. The van der Waals surface area contributed by atoms with Gasteiger partial charge in [-0.3, -0.25) is 0 Å². The number of hydrogen-bond donors (Lipinski definition) is 0. The van der Waals surface area contributed by atoms with Gasteiger partial charge in [0.1, 0.15) is 0 Å². The maximum atomic E-state index is 4.89. The van der Waals surface area contributed by atoms with E-state index in [0.29, 0.717) is 0 Å². The van der Waals surface area contributed by atoms with Gasteiger partial charge in [-0.05, 0) is 67.9 Å². The van der Waals surface area contributed by atoms with Crippen LogP contribution in [0.5, 0.6) is 0 Å². The molecule has 0 aliphatic carbocycles. The van der Waals surface area contributed by atoms with Crippen molar-refractivity contribution in [2.24, 2.45) is 0 Å². The fraction of sp³-hybridized carbons (Fsp3) is 0. The summed E-state index contributed by atoms with van der Waals surface area (Å²) in [5, 5.41) is 7.71. The molecule has 0 N–H and O–H groups in total. The lowest BCUT2D eigenvalue weighted by Crippen LogP contribution is -2.25. The van der Waals surface area contributed by atoms with Crippen LogP contribution in [0.4, 0.5) is 0 Å². The van der Waals surface area contributed by atoms with Crippen LogP contribution in [-0.4, -0.2) is 12.6 Å². The average molecular weight is 627 g/mol. The summed E-state index contributed by atoms with van der Waals surface area (Å²) < 4.78 is 0. The Morgan fingerprint density at radius 3 is 0.609 bits per heavy atom. The Labute approximate surface area is 273 Å². The first kappa shape index (κ1) is 29.8. The zero-order valence-corrected chi connectivity index (χ0v) is 27.6. The minimum absolute atomic E-state index is 1.20. The quantitative estimate of drug-likeness (QED) is 0.149. The first-order valence-corrected chi connectivity index (χ1v) is 19.5. The summed E-state index contributed by atoms with van der Waals surface area (Å²) in [6.45, 7) is -3.99. The predicted octanol–water partition coefficient (Wildman–Crippen LogP) is 8.47. The van der Waals surface area contributed by atoms with Gasteiger partial charge in [0.25, 0.3) is 0 Å². The van der Waals surface area contributed by atoms with Crippen LogP contribution < -0.4 is 31.8 Å². The van der Waals surface area contributed by atoms with Crippen LogP contribution in [0.25, 0.3) is 22.3 Å². The second kappa shape index (κ2) is 12.9. The summed E-state index contributed by atoms with van der Waals surface area (Å²) in [4.78, 5) is 0. The maximum Gasteiger partial charge on any atom is -0.0165 e. The van der Waals surface area contributed by atoms with E-state index in [1.807, 2.05) is 0 Å². The third-order valence-electron chi connectivity index (χ3n) is 8.96. The molecule has 0 atom stereocenters. The Bertz CT molecular complexity index is 1890. The molecule has 7 rings (SSSR count). The molecule has 7 aromatic carbocycles. The summed E-state index contributed by atoms with van der Waals surface area (Å²) in [6.07, 6.45) is 9.79. The van der Waals surface area contributed by atoms with Crippen molar-refractivity contribution in [2.45, 2.75) is 0 Å². The Kier molecular flexibility index (Phi) is 8.34. The summed E-state index contributed by atoms with van der Waals surface area (Å²) >= 11 is 0. The van der Waals surface area contributed by atoms with Crippen molar-refractivity contribution in [1.29, 1.82) is 0 Å². The highest BCUT2D eigenvalue weighted by molar-refractivity contribution is 7.93. The molecule has 0 aliphatic heterocycles. The number of hydrogen-bond acceptors (Lipinski definition) is 0. The second-order valence-electron chi connectivity index (χ2n) is 11.6. The van der Waals surface area contributed by atoms with Gasteiger partial charge in [0.05, 0.1) is 0 Å². The molecule has 0 heterocycles. The van der Waals surface area contributed by atoms with Gasteiger partial charge in [0.2, 0.25) is 0 Å². The minimum atomic E-state index is -1.99. The molecule has 0 nitrogen and oxygen atoms in total. The topological polar surface area (TPSA) is 0 Å². The summed E-state index contributed by atoms with van der Waals surface area (Å²) in [5.41, 5.74) is 4.82. The molecule has 0 radical (unpaired) electrons. The molecule has 0 saturated carbocycles. The molecule has 7 aromatic rings. The first-order chi connectivity index (χ1) is 22.6. The van der Waals surface area contributed by atoms with E-state index in [0.717, 1.165) is 0 Å². The highest BCUT2D eigenvalue weighted by Crippen LogP contribution is 2.43. The van der Waals surface area contributed by atoms with Crippen LogP contribution in [0.1, 0.15) is 0 Å². The Morgan fingerprint density at radius 1 is 0.217 bits per heavy atom. The summed E-state index contributed by atoms with van der Waals surface area (Å²) in [5.74, 6) is 0. The van der Waals surface area contributed by atoms with Gasteiger partial charge in [-0.1, -0.05) is 207 Å². The standard InChI is InChI=1S/C44H36P2/c1-45(39-15-7-3-8-16-39,40-17-9-4-10-18-40)43-31-27-37(28-32-43)35-23-25-36(26-24-35)38-29-33-44(34-30-38)46(2,41-19-11-5-12-20-41)42-21-13-6-14-22-42/h3-34H,1-2H2. The van der Waals surface area contributed by atoms with Gasteiger partial charge in [-0.25, -0.2) is 0 Å². The molecule has 0 amide bonds. The largest absolute Gasteiger partial charge is 0.0887 e. The average Bonchev–Trinajstić information content (AvgIpc) is 3.16. The molecule has 222 valence electrons. The lowest BCUT2D eigenvalue weighted by Gasteiger charge is -2.27. The van der Waals surface area contributed by atoms with Crippen LogP contribution in [-0.2, 0) is 0 Å². The molecule has 0 aliphatic rings. The Morgan fingerprint density at radius 2 is 0.391 bits per heavy atom.